The lowest BCUT2D eigenvalue weighted by Gasteiger charge is -2.15. The van der Waals surface area contributed by atoms with E-state index >= 15 is 0 Å². The zero-order chi connectivity index (χ0) is 7.56. The first kappa shape index (κ1) is 8.17. The zero-order valence-corrected chi connectivity index (χ0v) is 7.96. The van der Waals surface area contributed by atoms with Gasteiger partial charge in [0.05, 0.1) is 0 Å². The van der Waals surface area contributed by atoms with Gasteiger partial charge in [0.2, 0.25) is 0 Å². The molecule has 1 heterocycles. The molecule has 0 aromatic rings. The van der Waals surface area contributed by atoms with Crippen LogP contribution in [0.2, 0.25) is 0 Å². The van der Waals surface area contributed by atoms with E-state index in [0.717, 1.165) is 17.6 Å². The van der Waals surface area contributed by atoms with Crippen molar-refractivity contribution in [2.45, 2.75) is 13.3 Å². The molecule has 10 heavy (non-hydrogen) atoms. The fourth-order valence-corrected chi connectivity index (χ4v) is 1.19. The smallest absolute Gasteiger partial charge is 0.152 e. The maximum Gasteiger partial charge on any atom is 0.152 e. The first-order valence-electron chi connectivity index (χ1n) is 3.10. The average Bonchev–Trinajstić information content (AvgIpc) is 2.20. The van der Waals surface area contributed by atoms with Crippen molar-refractivity contribution in [2.75, 3.05) is 6.54 Å². The SMILES string of the molecule is CCCN1NNC(Br)=C1Cl. The van der Waals surface area contributed by atoms with Gasteiger partial charge in [0.1, 0.15) is 4.61 Å². The van der Waals surface area contributed by atoms with Gasteiger partial charge in [-0.15, -0.1) is 5.53 Å². The second-order valence-corrected chi connectivity index (χ2v) is 3.14. The Morgan fingerprint density at radius 3 is 2.80 bits per heavy atom. The highest BCUT2D eigenvalue weighted by molar-refractivity contribution is 9.11. The summed E-state index contributed by atoms with van der Waals surface area (Å²) in [6, 6.07) is 0. The summed E-state index contributed by atoms with van der Waals surface area (Å²) in [5.41, 5.74) is 5.73. The van der Waals surface area contributed by atoms with Crippen molar-refractivity contribution in [3.8, 4) is 0 Å². The van der Waals surface area contributed by atoms with Gasteiger partial charge in [-0.2, -0.15) is 0 Å². The van der Waals surface area contributed by atoms with E-state index in [4.69, 9.17) is 11.6 Å². The Labute approximate surface area is 73.5 Å². The molecule has 0 saturated heterocycles. The van der Waals surface area contributed by atoms with Crippen molar-refractivity contribution in [3.63, 3.8) is 0 Å². The molecule has 0 bridgehead atoms. The van der Waals surface area contributed by atoms with Crippen LogP contribution < -0.4 is 11.0 Å². The summed E-state index contributed by atoms with van der Waals surface area (Å²) in [4.78, 5) is 0. The molecule has 0 fully saturated rings. The van der Waals surface area contributed by atoms with Gasteiger partial charge in [-0.3, -0.25) is 10.4 Å². The average molecular weight is 227 g/mol. The number of nitrogens with zero attached hydrogens (tertiary/aromatic N) is 1. The minimum absolute atomic E-state index is 0.682. The van der Waals surface area contributed by atoms with Crippen LogP contribution in [0.25, 0.3) is 0 Å². The number of hydrazine groups is 2. The van der Waals surface area contributed by atoms with E-state index in [1.165, 1.54) is 0 Å². The van der Waals surface area contributed by atoms with Crippen LogP contribution in [0.4, 0.5) is 0 Å². The number of halogens is 2. The molecular weight excluding hydrogens is 217 g/mol. The van der Waals surface area contributed by atoms with Gasteiger partial charge in [0, 0.05) is 6.54 Å². The largest absolute Gasteiger partial charge is 0.295 e. The molecule has 0 atom stereocenters. The molecular formula is C5H9BrClN3. The Morgan fingerprint density at radius 2 is 2.40 bits per heavy atom. The second-order valence-electron chi connectivity index (χ2n) is 1.99. The van der Waals surface area contributed by atoms with Gasteiger partial charge in [0.15, 0.2) is 5.16 Å². The first-order chi connectivity index (χ1) is 4.75. The second kappa shape index (κ2) is 3.46. The molecule has 0 aromatic heterocycles. The van der Waals surface area contributed by atoms with E-state index in [-0.39, 0.29) is 0 Å². The molecule has 1 rings (SSSR count). The summed E-state index contributed by atoms with van der Waals surface area (Å²) in [6.07, 6.45) is 1.06. The molecule has 3 nitrogen and oxygen atoms in total. The third-order valence-corrected chi connectivity index (χ3v) is 2.36. The molecule has 58 valence electrons. The number of nitrogens with one attached hydrogen (secondary N) is 2. The normalized spacial score (nSPS) is 18.1. The lowest BCUT2D eigenvalue weighted by atomic mass is 10.5. The summed E-state index contributed by atoms with van der Waals surface area (Å²) >= 11 is 9.09. The predicted molar refractivity (Wildman–Crippen MR) is 45.1 cm³/mol. The summed E-state index contributed by atoms with van der Waals surface area (Å²) in [7, 11) is 0. The molecule has 1 aliphatic rings. The lowest BCUT2D eigenvalue weighted by molar-refractivity contribution is 0.265. The van der Waals surface area contributed by atoms with Crippen LogP contribution in [-0.4, -0.2) is 11.6 Å². The topological polar surface area (TPSA) is 27.3 Å². The van der Waals surface area contributed by atoms with Gasteiger partial charge < -0.3 is 0 Å². The fourth-order valence-electron chi connectivity index (χ4n) is 0.713. The van der Waals surface area contributed by atoms with Gasteiger partial charge in [-0.25, -0.2) is 0 Å². The minimum Gasteiger partial charge on any atom is -0.295 e. The van der Waals surface area contributed by atoms with Crippen LogP contribution >= 0.6 is 27.5 Å². The summed E-state index contributed by atoms with van der Waals surface area (Å²) in [6.45, 7) is 3.00. The third kappa shape index (κ3) is 1.56. The quantitative estimate of drug-likeness (QED) is 0.699. The molecule has 2 N–H and O–H groups in total. The van der Waals surface area contributed by atoms with Crippen LogP contribution in [0.5, 0.6) is 0 Å². The van der Waals surface area contributed by atoms with Gasteiger partial charge in [-0.1, -0.05) is 18.5 Å². The van der Waals surface area contributed by atoms with E-state index < -0.39 is 0 Å². The van der Waals surface area contributed by atoms with E-state index in [2.05, 4.69) is 33.8 Å². The van der Waals surface area contributed by atoms with Crippen molar-refractivity contribution in [1.82, 2.24) is 16.0 Å². The predicted octanol–water partition coefficient (Wildman–Crippen LogP) is 1.48. The van der Waals surface area contributed by atoms with Crippen molar-refractivity contribution in [1.29, 1.82) is 0 Å². The Bertz CT molecular complexity index is 159. The van der Waals surface area contributed by atoms with E-state index in [1.54, 1.807) is 0 Å². The Balaban J connectivity index is 2.50. The maximum atomic E-state index is 5.84. The summed E-state index contributed by atoms with van der Waals surface area (Å²) in [5.74, 6) is 0. The van der Waals surface area contributed by atoms with Gasteiger partial charge in [0.25, 0.3) is 0 Å². The Morgan fingerprint density at radius 1 is 1.70 bits per heavy atom. The maximum absolute atomic E-state index is 5.84. The highest BCUT2D eigenvalue weighted by Crippen LogP contribution is 2.19. The number of hydrogen-bond donors (Lipinski definition) is 2. The van der Waals surface area contributed by atoms with Crippen molar-refractivity contribution >= 4 is 27.5 Å². The monoisotopic (exact) mass is 225 g/mol. The van der Waals surface area contributed by atoms with Crippen LogP contribution in [0.15, 0.2) is 9.76 Å². The van der Waals surface area contributed by atoms with Gasteiger partial charge in [-0.05, 0) is 22.4 Å². The minimum atomic E-state index is 0.682. The summed E-state index contributed by atoms with van der Waals surface area (Å²) < 4.78 is 0.794. The van der Waals surface area contributed by atoms with Crippen LogP contribution in [0.3, 0.4) is 0 Å². The van der Waals surface area contributed by atoms with Gasteiger partial charge >= 0.3 is 0 Å². The summed E-state index contributed by atoms with van der Waals surface area (Å²) in [5, 5.41) is 2.52. The highest BCUT2D eigenvalue weighted by Gasteiger charge is 2.16. The lowest BCUT2D eigenvalue weighted by Crippen LogP contribution is -2.37. The molecule has 0 aliphatic carbocycles. The number of rotatable bonds is 2. The van der Waals surface area contributed by atoms with E-state index in [9.17, 15) is 0 Å². The van der Waals surface area contributed by atoms with Crippen LogP contribution in [0.1, 0.15) is 13.3 Å². The molecule has 0 radical (unpaired) electrons. The molecule has 0 aromatic carbocycles. The van der Waals surface area contributed by atoms with E-state index in [1.807, 2.05) is 5.01 Å². The first-order valence-corrected chi connectivity index (χ1v) is 4.27. The Hall–Kier alpha value is 0.0700. The van der Waals surface area contributed by atoms with Crippen molar-refractivity contribution in [2.24, 2.45) is 0 Å². The van der Waals surface area contributed by atoms with Crippen LogP contribution in [0, 0.1) is 0 Å². The highest BCUT2D eigenvalue weighted by atomic mass is 79.9. The van der Waals surface area contributed by atoms with Crippen molar-refractivity contribution in [3.05, 3.63) is 9.76 Å². The van der Waals surface area contributed by atoms with E-state index in [0.29, 0.717) is 5.16 Å². The van der Waals surface area contributed by atoms with Crippen LogP contribution in [-0.2, 0) is 0 Å². The number of hydrogen-bond acceptors (Lipinski definition) is 3. The standard InChI is InChI=1S/C5H9BrClN3/c1-2-3-10-5(7)4(6)8-9-10/h8-9H,2-3H2,1H3. The molecule has 0 spiro atoms. The van der Waals surface area contributed by atoms with Crippen molar-refractivity contribution < 1.29 is 0 Å². The zero-order valence-electron chi connectivity index (χ0n) is 5.62. The molecule has 1 aliphatic heterocycles. The molecule has 0 saturated carbocycles. The third-order valence-electron chi connectivity index (χ3n) is 1.17. The molecule has 5 heteroatoms. The Kier molecular flexibility index (Phi) is 2.82. The molecule has 0 unspecified atom stereocenters. The fraction of sp³-hybridized carbons (Fsp3) is 0.600. The molecule has 0 amide bonds.